The van der Waals surface area contributed by atoms with Gasteiger partial charge in [0.2, 0.25) is 0 Å². The summed E-state index contributed by atoms with van der Waals surface area (Å²) < 4.78 is 37.7. The van der Waals surface area contributed by atoms with Gasteiger partial charge in [-0.2, -0.15) is 0 Å². The second-order valence-corrected chi connectivity index (χ2v) is 9.99. The zero-order valence-corrected chi connectivity index (χ0v) is 21.7. The molecular formula is C25H22Cl2N2O6S. The summed E-state index contributed by atoms with van der Waals surface area (Å²) in [7, 11) is -1.69. The SMILES string of the molecule is C=C(C(=O)OC)N(Cc1ccccc1NC(=O)c1cccc(Cl)c1Cl)S(=O)(=O)c1ccc(OC)cc1. The Morgan fingerprint density at radius 1 is 0.972 bits per heavy atom. The number of para-hydroxylation sites is 1. The number of rotatable bonds is 9. The fraction of sp³-hybridized carbons (Fsp3) is 0.120. The molecule has 11 heteroatoms. The standard InChI is InChI=1S/C25H22Cl2N2O6S/c1-16(25(31)35-3)29(36(32,33)19-13-11-18(34-2)12-14-19)15-17-7-4-5-10-22(17)28-24(30)20-8-6-9-21(26)23(20)27/h4-14H,1,15H2,2-3H3,(H,28,30). The number of amides is 1. The lowest BCUT2D eigenvalue weighted by Gasteiger charge is -2.26. The first-order valence-corrected chi connectivity index (χ1v) is 12.6. The number of methoxy groups -OCH3 is 2. The van der Waals surface area contributed by atoms with Gasteiger partial charge >= 0.3 is 5.97 Å². The summed E-state index contributed by atoms with van der Waals surface area (Å²) in [5, 5.41) is 3.02. The smallest absolute Gasteiger partial charge is 0.354 e. The second-order valence-electron chi connectivity index (χ2n) is 7.34. The lowest BCUT2D eigenvalue weighted by atomic mass is 10.1. The number of carbonyl (C=O) groups excluding carboxylic acids is 2. The maximum atomic E-state index is 13.5. The van der Waals surface area contributed by atoms with Gasteiger partial charge in [-0.1, -0.05) is 54.0 Å². The van der Waals surface area contributed by atoms with E-state index in [2.05, 4.69) is 11.9 Å². The molecule has 0 unspecified atom stereocenters. The van der Waals surface area contributed by atoms with E-state index in [0.29, 0.717) is 17.0 Å². The van der Waals surface area contributed by atoms with E-state index in [-0.39, 0.29) is 27.0 Å². The minimum Gasteiger partial charge on any atom is -0.497 e. The number of halogens is 2. The van der Waals surface area contributed by atoms with Gasteiger partial charge in [0.15, 0.2) is 0 Å². The monoisotopic (exact) mass is 548 g/mol. The minimum atomic E-state index is -4.26. The molecule has 0 fully saturated rings. The third kappa shape index (κ3) is 5.81. The van der Waals surface area contributed by atoms with Gasteiger partial charge in [-0.15, -0.1) is 0 Å². The van der Waals surface area contributed by atoms with Gasteiger partial charge in [0.25, 0.3) is 15.9 Å². The van der Waals surface area contributed by atoms with Gasteiger partial charge in [0.05, 0.1) is 41.3 Å². The molecule has 3 aromatic rings. The van der Waals surface area contributed by atoms with Crippen molar-refractivity contribution >= 4 is 50.8 Å². The molecule has 0 spiro atoms. The lowest BCUT2D eigenvalue weighted by molar-refractivity contribution is -0.137. The number of carbonyl (C=O) groups is 2. The Bertz CT molecular complexity index is 1410. The van der Waals surface area contributed by atoms with E-state index in [9.17, 15) is 18.0 Å². The van der Waals surface area contributed by atoms with Crippen molar-refractivity contribution in [2.75, 3.05) is 19.5 Å². The summed E-state index contributed by atoms with van der Waals surface area (Å²) in [6, 6.07) is 16.8. The number of nitrogens with one attached hydrogen (secondary N) is 1. The van der Waals surface area contributed by atoms with Gasteiger partial charge in [-0.3, -0.25) is 9.10 Å². The number of sulfonamides is 1. The van der Waals surface area contributed by atoms with Crippen LogP contribution in [0.5, 0.6) is 5.75 Å². The van der Waals surface area contributed by atoms with E-state index in [4.69, 9.17) is 32.7 Å². The summed E-state index contributed by atoms with van der Waals surface area (Å²) in [6.07, 6.45) is 0. The maximum Gasteiger partial charge on any atom is 0.354 e. The summed E-state index contributed by atoms with van der Waals surface area (Å²) in [5.41, 5.74) is 0.408. The Balaban J connectivity index is 2.00. The van der Waals surface area contributed by atoms with E-state index in [0.717, 1.165) is 11.4 Å². The molecule has 8 nitrogen and oxygen atoms in total. The molecule has 0 bridgehead atoms. The molecule has 1 N–H and O–H groups in total. The highest BCUT2D eigenvalue weighted by Gasteiger charge is 2.30. The van der Waals surface area contributed by atoms with Crippen molar-refractivity contribution in [1.82, 2.24) is 4.31 Å². The van der Waals surface area contributed by atoms with E-state index in [1.54, 1.807) is 36.4 Å². The van der Waals surface area contributed by atoms with Crippen molar-refractivity contribution < 1.29 is 27.5 Å². The molecule has 3 aromatic carbocycles. The Hall–Kier alpha value is -3.53. The zero-order valence-electron chi connectivity index (χ0n) is 19.3. The van der Waals surface area contributed by atoms with Crippen molar-refractivity contribution in [2.24, 2.45) is 0 Å². The largest absolute Gasteiger partial charge is 0.497 e. The highest BCUT2D eigenvalue weighted by molar-refractivity contribution is 7.89. The summed E-state index contributed by atoms with van der Waals surface area (Å²) in [4.78, 5) is 25.1. The predicted octanol–water partition coefficient (Wildman–Crippen LogP) is 5.13. The molecule has 0 atom stereocenters. The van der Waals surface area contributed by atoms with Crippen LogP contribution in [0.1, 0.15) is 15.9 Å². The van der Waals surface area contributed by atoms with Crippen molar-refractivity contribution in [1.29, 1.82) is 0 Å². The maximum absolute atomic E-state index is 13.5. The number of hydrogen-bond donors (Lipinski definition) is 1. The molecule has 0 radical (unpaired) electrons. The first kappa shape index (κ1) is 27.1. The van der Waals surface area contributed by atoms with Crippen LogP contribution in [0.3, 0.4) is 0 Å². The quantitative estimate of drug-likeness (QED) is 0.293. The van der Waals surface area contributed by atoms with Crippen LogP contribution in [0, 0.1) is 0 Å². The van der Waals surface area contributed by atoms with Gasteiger partial charge in [-0.25, -0.2) is 13.2 Å². The molecule has 0 aliphatic rings. The average Bonchev–Trinajstić information content (AvgIpc) is 2.88. The van der Waals surface area contributed by atoms with Gasteiger partial charge < -0.3 is 14.8 Å². The average molecular weight is 549 g/mol. The van der Waals surface area contributed by atoms with Gasteiger partial charge in [-0.05, 0) is 48.0 Å². The van der Waals surface area contributed by atoms with Crippen LogP contribution in [-0.4, -0.2) is 38.8 Å². The molecule has 0 aromatic heterocycles. The van der Waals surface area contributed by atoms with Crippen LogP contribution in [0.4, 0.5) is 5.69 Å². The molecule has 0 saturated carbocycles. The first-order valence-electron chi connectivity index (χ1n) is 10.4. The normalized spacial score (nSPS) is 10.9. The number of anilines is 1. The molecule has 36 heavy (non-hydrogen) atoms. The molecule has 0 heterocycles. The number of ether oxygens (including phenoxy) is 2. The van der Waals surface area contributed by atoms with Gasteiger partial charge in [0.1, 0.15) is 11.4 Å². The fourth-order valence-corrected chi connectivity index (χ4v) is 5.02. The summed E-state index contributed by atoms with van der Waals surface area (Å²) >= 11 is 12.2. The van der Waals surface area contributed by atoms with Crippen LogP contribution >= 0.6 is 23.2 Å². The molecular weight excluding hydrogens is 527 g/mol. The second kappa shape index (κ2) is 11.5. The number of hydrogen-bond acceptors (Lipinski definition) is 6. The Morgan fingerprint density at radius 3 is 2.28 bits per heavy atom. The third-order valence-electron chi connectivity index (χ3n) is 5.15. The Kier molecular flexibility index (Phi) is 8.62. The first-order chi connectivity index (χ1) is 17.1. The number of nitrogens with zero attached hydrogens (tertiary/aromatic N) is 1. The third-order valence-corrected chi connectivity index (χ3v) is 7.76. The highest BCUT2D eigenvalue weighted by Crippen LogP contribution is 2.29. The summed E-state index contributed by atoms with van der Waals surface area (Å²) in [6.45, 7) is 3.30. The molecule has 3 rings (SSSR count). The van der Waals surface area contributed by atoms with Crippen LogP contribution in [0.15, 0.2) is 83.9 Å². The molecule has 1 amide bonds. The van der Waals surface area contributed by atoms with Crippen molar-refractivity contribution in [3.05, 3.63) is 100 Å². The Morgan fingerprint density at radius 2 is 1.64 bits per heavy atom. The van der Waals surface area contributed by atoms with Crippen LogP contribution in [0.25, 0.3) is 0 Å². The predicted molar refractivity (Wildman–Crippen MR) is 138 cm³/mol. The fourth-order valence-electron chi connectivity index (χ4n) is 3.22. The highest BCUT2D eigenvalue weighted by atomic mass is 35.5. The van der Waals surface area contributed by atoms with Crippen molar-refractivity contribution in [2.45, 2.75) is 11.4 Å². The van der Waals surface area contributed by atoms with E-state index < -0.39 is 27.6 Å². The molecule has 0 aliphatic heterocycles. The molecule has 188 valence electrons. The van der Waals surface area contributed by atoms with Crippen molar-refractivity contribution in [3.63, 3.8) is 0 Å². The van der Waals surface area contributed by atoms with Crippen LogP contribution in [-0.2, 0) is 26.1 Å². The van der Waals surface area contributed by atoms with E-state index in [1.165, 1.54) is 37.4 Å². The minimum absolute atomic E-state index is 0.0805. The summed E-state index contributed by atoms with van der Waals surface area (Å²) in [5.74, 6) is -1.02. The van der Waals surface area contributed by atoms with Crippen molar-refractivity contribution in [3.8, 4) is 5.75 Å². The van der Waals surface area contributed by atoms with Crippen LogP contribution < -0.4 is 10.1 Å². The van der Waals surface area contributed by atoms with Gasteiger partial charge in [0, 0.05) is 5.69 Å². The zero-order chi connectivity index (χ0) is 26.5. The van der Waals surface area contributed by atoms with Crippen LogP contribution in [0.2, 0.25) is 10.0 Å². The molecule has 0 aliphatic carbocycles. The van der Waals surface area contributed by atoms with E-state index >= 15 is 0 Å². The number of benzene rings is 3. The topological polar surface area (TPSA) is 102 Å². The molecule has 0 saturated heterocycles. The number of esters is 1. The van der Waals surface area contributed by atoms with E-state index in [1.807, 2.05) is 0 Å². The Labute approximate surface area is 219 Å². The lowest BCUT2D eigenvalue weighted by Crippen LogP contribution is -2.33.